The van der Waals surface area contributed by atoms with Crippen molar-refractivity contribution in [1.82, 2.24) is 0 Å². The molecule has 1 aliphatic carbocycles. The second kappa shape index (κ2) is 7.90. The van der Waals surface area contributed by atoms with Gasteiger partial charge in [0.15, 0.2) is 17.2 Å². The van der Waals surface area contributed by atoms with Crippen LogP contribution < -0.4 is 5.32 Å². The van der Waals surface area contributed by atoms with Crippen molar-refractivity contribution < 1.29 is 27.8 Å². The number of benzene rings is 1. The fourth-order valence-electron chi connectivity index (χ4n) is 2.18. The van der Waals surface area contributed by atoms with Crippen LogP contribution in [0.1, 0.15) is 26.7 Å². The maximum Gasteiger partial charge on any atom is 0.347 e. The van der Waals surface area contributed by atoms with Gasteiger partial charge in [-0.3, -0.25) is 0 Å². The molecule has 1 N–H and O–H groups in total. The van der Waals surface area contributed by atoms with Crippen LogP contribution in [0.25, 0.3) is 0 Å². The standard InChI is InChI=1S/C17H19F2NO4/c1-3-23-16(21)14(17(22)24-4-2)15(10-5-6-10)20-11-7-8-12(18)13(19)9-11/h7-10,20H,3-6H2,1-2H3. The quantitative estimate of drug-likeness (QED) is 0.358. The molecule has 0 heterocycles. The minimum absolute atomic E-state index is 0.0538. The average Bonchev–Trinajstić information content (AvgIpc) is 3.35. The SMILES string of the molecule is CCOC(=O)C(C(=O)OCC)=C(Nc1ccc(F)c(F)c1)C1CC1. The van der Waals surface area contributed by atoms with Gasteiger partial charge in [0.1, 0.15) is 0 Å². The molecule has 1 aliphatic rings. The minimum atomic E-state index is -1.02. The van der Waals surface area contributed by atoms with E-state index >= 15 is 0 Å². The zero-order valence-corrected chi connectivity index (χ0v) is 13.5. The zero-order chi connectivity index (χ0) is 17.7. The second-order valence-electron chi connectivity index (χ2n) is 5.26. The van der Waals surface area contributed by atoms with Crippen LogP contribution in [0.15, 0.2) is 29.5 Å². The number of ether oxygens (including phenoxy) is 2. The number of hydrogen-bond donors (Lipinski definition) is 1. The summed E-state index contributed by atoms with van der Waals surface area (Å²) in [5.74, 6) is -3.65. The van der Waals surface area contributed by atoms with Gasteiger partial charge in [0.25, 0.3) is 0 Å². The first-order valence-corrected chi connectivity index (χ1v) is 7.78. The third-order valence-electron chi connectivity index (χ3n) is 3.41. The van der Waals surface area contributed by atoms with Crippen molar-refractivity contribution in [2.24, 2.45) is 5.92 Å². The van der Waals surface area contributed by atoms with Gasteiger partial charge >= 0.3 is 11.9 Å². The highest BCUT2D eigenvalue weighted by atomic mass is 19.2. The van der Waals surface area contributed by atoms with Gasteiger partial charge in [-0.1, -0.05) is 0 Å². The lowest BCUT2D eigenvalue weighted by Crippen LogP contribution is -2.23. The van der Waals surface area contributed by atoms with E-state index in [9.17, 15) is 18.4 Å². The molecule has 0 bridgehead atoms. The Labute approximate surface area is 138 Å². The summed E-state index contributed by atoms with van der Waals surface area (Å²) in [6, 6.07) is 3.26. The average molecular weight is 339 g/mol. The van der Waals surface area contributed by atoms with Gasteiger partial charge in [-0.2, -0.15) is 0 Å². The zero-order valence-electron chi connectivity index (χ0n) is 13.5. The van der Waals surface area contributed by atoms with Gasteiger partial charge in [-0.05, 0) is 38.8 Å². The number of nitrogens with one attached hydrogen (secondary N) is 1. The first-order valence-electron chi connectivity index (χ1n) is 7.78. The minimum Gasteiger partial charge on any atom is -0.462 e. The molecule has 0 aliphatic heterocycles. The lowest BCUT2D eigenvalue weighted by molar-refractivity contribution is -0.146. The Morgan fingerprint density at radius 3 is 2.12 bits per heavy atom. The summed E-state index contributed by atoms with van der Waals surface area (Å²) in [4.78, 5) is 24.4. The molecule has 1 saturated carbocycles. The molecular formula is C17H19F2NO4. The van der Waals surface area contributed by atoms with Crippen molar-refractivity contribution in [3.05, 3.63) is 41.1 Å². The Balaban J connectivity index is 2.41. The topological polar surface area (TPSA) is 64.6 Å². The van der Waals surface area contributed by atoms with Crippen LogP contribution in [0.2, 0.25) is 0 Å². The molecule has 1 fully saturated rings. The number of anilines is 1. The molecule has 0 aromatic heterocycles. The Morgan fingerprint density at radius 2 is 1.67 bits per heavy atom. The Hall–Kier alpha value is -2.44. The number of carbonyl (C=O) groups is 2. The van der Waals surface area contributed by atoms with Crippen molar-refractivity contribution in [2.75, 3.05) is 18.5 Å². The molecule has 1 aromatic carbocycles. The smallest absolute Gasteiger partial charge is 0.347 e. The molecule has 130 valence electrons. The molecule has 5 nitrogen and oxygen atoms in total. The summed E-state index contributed by atoms with van der Waals surface area (Å²) in [7, 11) is 0. The van der Waals surface area contributed by atoms with Crippen molar-refractivity contribution in [1.29, 1.82) is 0 Å². The van der Waals surface area contributed by atoms with Gasteiger partial charge < -0.3 is 14.8 Å². The van der Waals surface area contributed by atoms with Crippen LogP contribution in [-0.2, 0) is 19.1 Å². The lowest BCUT2D eigenvalue weighted by Gasteiger charge is -2.15. The molecular weight excluding hydrogens is 320 g/mol. The van der Waals surface area contributed by atoms with E-state index in [-0.39, 0.29) is 30.4 Å². The molecule has 0 unspecified atom stereocenters. The Kier molecular flexibility index (Phi) is 5.89. The highest BCUT2D eigenvalue weighted by molar-refractivity contribution is 6.15. The van der Waals surface area contributed by atoms with Crippen LogP contribution in [0, 0.1) is 17.6 Å². The maximum atomic E-state index is 13.4. The van der Waals surface area contributed by atoms with Crippen LogP contribution in [-0.4, -0.2) is 25.2 Å². The van der Waals surface area contributed by atoms with Crippen LogP contribution in [0.4, 0.5) is 14.5 Å². The summed E-state index contributed by atoms with van der Waals surface area (Å²) >= 11 is 0. The number of carbonyl (C=O) groups excluding carboxylic acids is 2. The summed E-state index contributed by atoms with van der Waals surface area (Å²) in [6.45, 7) is 3.45. The van der Waals surface area contributed by atoms with Gasteiger partial charge in [0.05, 0.1) is 13.2 Å². The monoisotopic (exact) mass is 339 g/mol. The highest BCUT2D eigenvalue weighted by Gasteiger charge is 2.35. The van der Waals surface area contributed by atoms with Crippen molar-refractivity contribution >= 4 is 17.6 Å². The fraction of sp³-hybridized carbons (Fsp3) is 0.412. The Morgan fingerprint density at radius 1 is 1.08 bits per heavy atom. The molecule has 0 spiro atoms. The summed E-state index contributed by atoms with van der Waals surface area (Å²) in [5, 5.41) is 2.86. The predicted octanol–water partition coefficient (Wildman–Crippen LogP) is 3.17. The number of halogens is 2. The van der Waals surface area contributed by atoms with Gasteiger partial charge in [-0.25, -0.2) is 18.4 Å². The molecule has 2 rings (SSSR count). The third-order valence-corrected chi connectivity index (χ3v) is 3.41. The molecule has 7 heteroatoms. The molecule has 24 heavy (non-hydrogen) atoms. The third kappa shape index (κ3) is 4.31. The van der Waals surface area contributed by atoms with Crippen molar-refractivity contribution in [3.63, 3.8) is 0 Å². The summed E-state index contributed by atoms with van der Waals surface area (Å²) in [5.41, 5.74) is 0.325. The van der Waals surface area contributed by atoms with E-state index < -0.39 is 23.6 Å². The van der Waals surface area contributed by atoms with Crippen LogP contribution in [0.5, 0.6) is 0 Å². The van der Waals surface area contributed by atoms with Crippen LogP contribution >= 0.6 is 0 Å². The molecule has 0 atom stereocenters. The molecule has 0 amide bonds. The number of esters is 2. The van der Waals surface area contributed by atoms with Gasteiger partial charge in [0.2, 0.25) is 0 Å². The molecule has 0 saturated heterocycles. The number of rotatable bonds is 7. The normalized spacial score (nSPS) is 13.2. The molecule has 1 aromatic rings. The highest BCUT2D eigenvalue weighted by Crippen LogP contribution is 2.39. The first-order chi connectivity index (χ1) is 11.5. The van der Waals surface area contributed by atoms with Crippen molar-refractivity contribution in [3.8, 4) is 0 Å². The summed E-state index contributed by atoms with van der Waals surface area (Å²) in [6.07, 6.45) is 1.54. The lowest BCUT2D eigenvalue weighted by atomic mass is 10.1. The fourth-order valence-corrected chi connectivity index (χ4v) is 2.18. The summed E-state index contributed by atoms with van der Waals surface area (Å²) < 4.78 is 36.3. The maximum absolute atomic E-state index is 13.4. The number of hydrogen-bond acceptors (Lipinski definition) is 5. The largest absolute Gasteiger partial charge is 0.462 e. The Bertz CT molecular complexity index is 649. The van der Waals surface area contributed by atoms with E-state index in [0.717, 1.165) is 25.0 Å². The van der Waals surface area contributed by atoms with E-state index in [4.69, 9.17) is 9.47 Å². The van der Waals surface area contributed by atoms with E-state index in [1.54, 1.807) is 13.8 Å². The van der Waals surface area contributed by atoms with Gasteiger partial charge in [0, 0.05) is 23.4 Å². The van der Waals surface area contributed by atoms with E-state index in [1.165, 1.54) is 6.07 Å². The van der Waals surface area contributed by atoms with Crippen LogP contribution in [0.3, 0.4) is 0 Å². The van der Waals surface area contributed by atoms with E-state index in [2.05, 4.69) is 5.32 Å². The van der Waals surface area contributed by atoms with E-state index in [0.29, 0.717) is 5.70 Å². The predicted molar refractivity (Wildman–Crippen MR) is 83.0 cm³/mol. The number of allylic oxidation sites excluding steroid dienone is 1. The van der Waals surface area contributed by atoms with E-state index in [1.807, 2.05) is 0 Å². The second-order valence-corrected chi connectivity index (χ2v) is 5.26. The first kappa shape index (κ1) is 17.9. The van der Waals surface area contributed by atoms with Crippen molar-refractivity contribution in [2.45, 2.75) is 26.7 Å². The van der Waals surface area contributed by atoms with Gasteiger partial charge in [-0.15, -0.1) is 0 Å². The molecule has 0 radical (unpaired) electrons.